The third kappa shape index (κ3) is 5.91. The molecule has 0 aliphatic heterocycles. The standard InChI is InChI=1S/C29H26Cl2O5S2/c1-20(30)21-4-12-25(13-5-21)37(32,33)28-18-10-24(11-19-28)36-29(2,3)22-6-14-26(15-7-22)38(34,35)27-16-8-23(31)9-17-27/h4-20H,1-3H3. The lowest BCUT2D eigenvalue weighted by molar-refractivity contribution is 0.108. The van der Waals surface area contributed by atoms with Crippen molar-refractivity contribution in [1.82, 2.24) is 0 Å². The minimum Gasteiger partial charge on any atom is -0.483 e. The third-order valence-corrected chi connectivity index (χ3v) is 10.2. The highest BCUT2D eigenvalue weighted by molar-refractivity contribution is 7.91. The van der Waals surface area contributed by atoms with Crippen molar-refractivity contribution in [3.05, 3.63) is 113 Å². The van der Waals surface area contributed by atoms with E-state index in [4.69, 9.17) is 27.9 Å². The summed E-state index contributed by atoms with van der Waals surface area (Å²) in [6.45, 7) is 5.52. The summed E-state index contributed by atoms with van der Waals surface area (Å²) in [5, 5.41) is 0.245. The van der Waals surface area contributed by atoms with Crippen LogP contribution < -0.4 is 4.74 Å². The molecular formula is C29H26Cl2O5S2. The predicted octanol–water partition coefficient (Wildman–Crippen LogP) is 7.62. The third-order valence-electron chi connectivity index (χ3n) is 6.14. The van der Waals surface area contributed by atoms with Crippen molar-refractivity contribution in [2.45, 2.75) is 51.3 Å². The topological polar surface area (TPSA) is 77.5 Å². The van der Waals surface area contributed by atoms with Crippen LogP contribution in [-0.2, 0) is 25.3 Å². The second-order valence-corrected chi connectivity index (χ2v) is 14.2. The van der Waals surface area contributed by atoms with Crippen molar-refractivity contribution >= 4 is 42.9 Å². The smallest absolute Gasteiger partial charge is 0.206 e. The molecule has 0 aliphatic rings. The average Bonchev–Trinajstić information content (AvgIpc) is 2.89. The molecule has 0 heterocycles. The SMILES string of the molecule is CC(Cl)c1ccc(S(=O)(=O)c2ccc(OC(C)(C)c3ccc(S(=O)(=O)c4ccc(Cl)cc4)cc3)cc2)cc1. The van der Waals surface area contributed by atoms with Crippen LogP contribution in [0.2, 0.25) is 5.02 Å². The molecule has 0 saturated heterocycles. The lowest BCUT2D eigenvalue weighted by Gasteiger charge is -2.27. The van der Waals surface area contributed by atoms with Gasteiger partial charge in [-0.05, 0) is 105 Å². The molecule has 5 nitrogen and oxygen atoms in total. The Balaban J connectivity index is 1.51. The van der Waals surface area contributed by atoms with Gasteiger partial charge in [0.25, 0.3) is 0 Å². The van der Waals surface area contributed by atoms with E-state index in [2.05, 4.69) is 0 Å². The van der Waals surface area contributed by atoms with Gasteiger partial charge in [0.1, 0.15) is 11.4 Å². The van der Waals surface area contributed by atoms with E-state index in [0.29, 0.717) is 10.8 Å². The van der Waals surface area contributed by atoms with Gasteiger partial charge in [0.2, 0.25) is 19.7 Å². The maximum atomic E-state index is 13.0. The van der Waals surface area contributed by atoms with Crippen molar-refractivity contribution in [1.29, 1.82) is 0 Å². The molecule has 0 bridgehead atoms. The molecule has 1 unspecified atom stereocenters. The molecule has 9 heteroatoms. The largest absolute Gasteiger partial charge is 0.483 e. The van der Waals surface area contributed by atoms with Crippen molar-refractivity contribution in [2.75, 3.05) is 0 Å². The van der Waals surface area contributed by atoms with Crippen LogP contribution in [0.4, 0.5) is 0 Å². The van der Waals surface area contributed by atoms with Gasteiger partial charge in [-0.3, -0.25) is 0 Å². The van der Waals surface area contributed by atoms with Crippen molar-refractivity contribution in [3.63, 3.8) is 0 Å². The van der Waals surface area contributed by atoms with Crippen molar-refractivity contribution < 1.29 is 21.6 Å². The number of hydrogen-bond acceptors (Lipinski definition) is 5. The van der Waals surface area contributed by atoms with Crippen LogP contribution in [0.1, 0.15) is 37.3 Å². The summed E-state index contributed by atoms with van der Waals surface area (Å²) in [7, 11) is -7.39. The molecule has 0 aromatic heterocycles. The Kier molecular flexibility index (Phi) is 7.96. The fraction of sp³-hybridized carbons (Fsp3) is 0.172. The molecule has 0 N–H and O–H groups in total. The zero-order valence-electron chi connectivity index (χ0n) is 20.9. The number of halogens is 2. The molecule has 4 aromatic carbocycles. The molecule has 4 rings (SSSR count). The molecule has 198 valence electrons. The summed E-state index contributed by atoms with van der Waals surface area (Å²) in [5.74, 6) is 0.470. The maximum Gasteiger partial charge on any atom is 0.206 e. The Hall–Kier alpha value is -2.84. The number of benzene rings is 4. The van der Waals surface area contributed by atoms with Crippen LogP contribution in [0.15, 0.2) is 117 Å². The fourth-order valence-corrected chi connectivity index (χ4v) is 6.67. The first-order chi connectivity index (χ1) is 17.8. The normalized spacial score (nSPS) is 13.2. The van der Waals surface area contributed by atoms with Gasteiger partial charge < -0.3 is 4.74 Å². The minimum absolute atomic E-state index is 0.145. The summed E-state index contributed by atoms with van der Waals surface area (Å²) < 4.78 is 58.1. The van der Waals surface area contributed by atoms with Gasteiger partial charge in [0.15, 0.2) is 0 Å². The number of alkyl halides is 1. The van der Waals surface area contributed by atoms with E-state index in [1.165, 1.54) is 48.5 Å². The Morgan fingerprint density at radius 1 is 0.632 bits per heavy atom. The monoisotopic (exact) mass is 588 g/mol. The Labute approximate surface area is 233 Å². The van der Waals surface area contributed by atoms with Crippen LogP contribution in [-0.4, -0.2) is 16.8 Å². The van der Waals surface area contributed by atoms with E-state index in [1.807, 2.05) is 20.8 Å². The summed E-state index contributed by atoms with van der Waals surface area (Å²) in [6, 6.07) is 25.2. The van der Waals surface area contributed by atoms with Gasteiger partial charge in [-0.15, -0.1) is 11.6 Å². The molecule has 0 aliphatic carbocycles. The second kappa shape index (κ2) is 10.7. The minimum atomic E-state index is -3.70. The van der Waals surface area contributed by atoms with E-state index in [9.17, 15) is 16.8 Å². The number of hydrogen-bond donors (Lipinski definition) is 0. The average molecular weight is 590 g/mol. The maximum absolute atomic E-state index is 13.0. The Morgan fingerprint density at radius 3 is 1.42 bits per heavy atom. The first-order valence-corrected chi connectivity index (χ1v) is 15.5. The molecule has 0 saturated carbocycles. The molecular weight excluding hydrogens is 563 g/mol. The zero-order chi connectivity index (χ0) is 27.7. The molecule has 0 amide bonds. The predicted molar refractivity (Wildman–Crippen MR) is 150 cm³/mol. The summed E-state index contributed by atoms with van der Waals surface area (Å²) in [5.41, 5.74) is 0.766. The lowest BCUT2D eigenvalue weighted by Crippen LogP contribution is -2.25. The summed E-state index contributed by atoms with van der Waals surface area (Å²) in [4.78, 5) is 0.638. The highest BCUT2D eigenvalue weighted by atomic mass is 35.5. The second-order valence-electron chi connectivity index (χ2n) is 9.25. The van der Waals surface area contributed by atoms with Crippen LogP contribution in [0, 0.1) is 0 Å². The van der Waals surface area contributed by atoms with E-state index in [-0.39, 0.29) is 25.0 Å². The molecule has 38 heavy (non-hydrogen) atoms. The van der Waals surface area contributed by atoms with Crippen LogP contribution in [0.3, 0.4) is 0 Å². The van der Waals surface area contributed by atoms with Gasteiger partial charge >= 0.3 is 0 Å². The number of rotatable bonds is 8. The van der Waals surface area contributed by atoms with E-state index >= 15 is 0 Å². The Bertz CT molecular complexity index is 1630. The van der Waals surface area contributed by atoms with E-state index in [0.717, 1.165) is 11.1 Å². The lowest BCUT2D eigenvalue weighted by atomic mass is 9.98. The quantitative estimate of drug-likeness (QED) is 0.198. The van der Waals surface area contributed by atoms with Crippen LogP contribution >= 0.6 is 23.2 Å². The number of ether oxygens (including phenoxy) is 1. The van der Waals surface area contributed by atoms with E-state index < -0.39 is 25.3 Å². The highest BCUT2D eigenvalue weighted by Crippen LogP contribution is 2.32. The van der Waals surface area contributed by atoms with Gasteiger partial charge in [0, 0.05) is 5.02 Å². The van der Waals surface area contributed by atoms with Crippen LogP contribution in [0.25, 0.3) is 0 Å². The Morgan fingerprint density at radius 2 is 1.00 bits per heavy atom. The van der Waals surface area contributed by atoms with E-state index in [1.54, 1.807) is 48.5 Å². The van der Waals surface area contributed by atoms with Gasteiger partial charge in [-0.1, -0.05) is 35.9 Å². The summed E-state index contributed by atoms with van der Waals surface area (Å²) in [6.07, 6.45) is 0. The first kappa shape index (κ1) is 28.2. The van der Waals surface area contributed by atoms with Crippen molar-refractivity contribution in [3.8, 4) is 5.75 Å². The van der Waals surface area contributed by atoms with Gasteiger partial charge in [-0.2, -0.15) is 0 Å². The highest BCUT2D eigenvalue weighted by Gasteiger charge is 2.25. The zero-order valence-corrected chi connectivity index (χ0v) is 24.1. The summed E-state index contributed by atoms with van der Waals surface area (Å²) >= 11 is 11.9. The molecule has 4 aromatic rings. The molecule has 0 spiro atoms. The fourth-order valence-electron chi connectivity index (χ4n) is 3.87. The van der Waals surface area contributed by atoms with Crippen LogP contribution in [0.5, 0.6) is 5.75 Å². The van der Waals surface area contributed by atoms with Crippen molar-refractivity contribution in [2.24, 2.45) is 0 Å². The molecule has 0 radical (unpaired) electrons. The first-order valence-electron chi connectivity index (χ1n) is 11.7. The number of sulfone groups is 2. The van der Waals surface area contributed by atoms with Gasteiger partial charge in [-0.25, -0.2) is 16.8 Å². The molecule has 1 atom stereocenters. The molecule has 0 fully saturated rings. The van der Waals surface area contributed by atoms with Gasteiger partial charge in [0.05, 0.1) is 25.0 Å².